The molecule has 0 saturated carbocycles. The third kappa shape index (κ3) is 6.85. The molecule has 224 valence electrons. The SMILES string of the molecule is C=CCOc1ccc(C2C(C(=O)OCC)=C(C)NC(=S)N2C(=O)/C(C)=C/c2coc(N3CCOCC3)c2)cc1OCC. The molecule has 4 rings (SSSR count). The second-order valence-corrected chi connectivity index (χ2v) is 10.0. The molecule has 0 radical (unpaired) electrons. The average molecular weight is 596 g/mol. The number of nitrogens with zero attached hydrogens (tertiary/aromatic N) is 2. The number of thiocarbonyl (C=S) groups is 1. The van der Waals surface area contributed by atoms with Gasteiger partial charge in [-0.05, 0) is 63.7 Å². The van der Waals surface area contributed by atoms with E-state index in [1.165, 1.54) is 4.90 Å². The Hall–Kier alpha value is -4.09. The van der Waals surface area contributed by atoms with Gasteiger partial charge in [0.1, 0.15) is 12.9 Å². The summed E-state index contributed by atoms with van der Waals surface area (Å²) in [5, 5.41) is 3.19. The zero-order valence-corrected chi connectivity index (χ0v) is 25.3. The van der Waals surface area contributed by atoms with Crippen molar-refractivity contribution in [1.29, 1.82) is 0 Å². The molecule has 1 fully saturated rings. The van der Waals surface area contributed by atoms with Gasteiger partial charge in [0.25, 0.3) is 5.91 Å². The molecule has 0 spiro atoms. The van der Waals surface area contributed by atoms with E-state index in [9.17, 15) is 9.59 Å². The molecule has 10 nitrogen and oxygen atoms in total. The lowest BCUT2D eigenvalue weighted by Gasteiger charge is -2.38. The van der Waals surface area contributed by atoms with Gasteiger partial charge in [0, 0.05) is 36.0 Å². The highest BCUT2D eigenvalue weighted by Crippen LogP contribution is 2.39. The molecule has 1 unspecified atom stereocenters. The van der Waals surface area contributed by atoms with Gasteiger partial charge in [0.05, 0.1) is 38.0 Å². The van der Waals surface area contributed by atoms with Crippen LogP contribution in [0.5, 0.6) is 11.5 Å². The van der Waals surface area contributed by atoms with Crippen LogP contribution >= 0.6 is 12.2 Å². The van der Waals surface area contributed by atoms with Crippen molar-refractivity contribution in [2.24, 2.45) is 0 Å². The van der Waals surface area contributed by atoms with Crippen LogP contribution in [-0.4, -0.2) is 68.0 Å². The standard InChI is InChI=1S/C31H37N3O7S/c1-6-13-40-24-10-9-23(18-25(24)38-7-2)28-27(30(36)39-8-3)21(5)32-31(42)34(28)29(35)20(4)16-22-17-26(41-19-22)33-11-14-37-15-12-33/h6,9-10,16-19,28H,1,7-8,11-15H2,2-5H3,(H,32,42)/b20-16+. The molecule has 2 aromatic rings. The van der Waals surface area contributed by atoms with Gasteiger partial charge in [0.2, 0.25) is 0 Å². The second-order valence-electron chi connectivity index (χ2n) is 9.65. The summed E-state index contributed by atoms with van der Waals surface area (Å²) in [4.78, 5) is 30.9. The number of anilines is 1. The van der Waals surface area contributed by atoms with Crippen molar-refractivity contribution in [3.05, 3.63) is 71.2 Å². The van der Waals surface area contributed by atoms with Crippen LogP contribution in [0.1, 0.15) is 44.9 Å². The topological polar surface area (TPSA) is 103 Å². The van der Waals surface area contributed by atoms with Crippen molar-refractivity contribution >= 4 is 41.2 Å². The number of nitrogens with one attached hydrogen (secondary N) is 1. The van der Waals surface area contributed by atoms with Crippen LogP contribution in [0.15, 0.2) is 64.4 Å². The number of benzene rings is 1. The van der Waals surface area contributed by atoms with E-state index < -0.39 is 12.0 Å². The Morgan fingerprint density at radius 3 is 2.60 bits per heavy atom. The van der Waals surface area contributed by atoms with Crippen LogP contribution in [0.3, 0.4) is 0 Å². The van der Waals surface area contributed by atoms with E-state index >= 15 is 0 Å². The summed E-state index contributed by atoms with van der Waals surface area (Å²) in [5.74, 6) is 0.759. The van der Waals surface area contributed by atoms with Crippen LogP contribution in [0.4, 0.5) is 5.88 Å². The summed E-state index contributed by atoms with van der Waals surface area (Å²) in [7, 11) is 0. The first kappa shape index (κ1) is 30.9. The molecule has 1 N–H and O–H groups in total. The summed E-state index contributed by atoms with van der Waals surface area (Å²) in [6, 6.07) is 6.30. The maximum atomic E-state index is 14.1. The number of esters is 1. The third-order valence-electron chi connectivity index (χ3n) is 6.75. The summed E-state index contributed by atoms with van der Waals surface area (Å²) >= 11 is 5.68. The van der Waals surface area contributed by atoms with Gasteiger partial charge in [0.15, 0.2) is 22.5 Å². The van der Waals surface area contributed by atoms with Gasteiger partial charge >= 0.3 is 5.97 Å². The highest BCUT2D eigenvalue weighted by Gasteiger charge is 2.41. The average Bonchev–Trinajstić information content (AvgIpc) is 3.45. The molecule has 1 saturated heterocycles. The molecule has 1 amide bonds. The van der Waals surface area contributed by atoms with Crippen LogP contribution in [0.25, 0.3) is 6.08 Å². The maximum Gasteiger partial charge on any atom is 0.338 e. The molecule has 1 aromatic carbocycles. The fourth-order valence-corrected chi connectivity index (χ4v) is 5.18. The van der Waals surface area contributed by atoms with Crippen molar-refractivity contribution in [2.45, 2.75) is 33.7 Å². The third-order valence-corrected chi connectivity index (χ3v) is 7.05. The van der Waals surface area contributed by atoms with Crippen LogP contribution in [-0.2, 0) is 19.1 Å². The number of carbonyl (C=O) groups is 2. The lowest BCUT2D eigenvalue weighted by Crippen LogP contribution is -2.51. The molecule has 11 heteroatoms. The smallest absolute Gasteiger partial charge is 0.338 e. The van der Waals surface area contributed by atoms with E-state index in [4.69, 9.17) is 35.6 Å². The quantitative estimate of drug-likeness (QED) is 0.169. The molecule has 2 aliphatic rings. The van der Waals surface area contributed by atoms with Crippen molar-refractivity contribution < 1.29 is 33.0 Å². The molecule has 1 atom stereocenters. The molecule has 42 heavy (non-hydrogen) atoms. The summed E-state index contributed by atoms with van der Waals surface area (Å²) < 4.78 is 28.2. The van der Waals surface area contributed by atoms with E-state index in [-0.39, 0.29) is 23.2 Å². The summed E-state index contributed by atoms with van der Waals surface area (Å²) in [6.45, 7) is 14.3. The number of ether oxygens (including phenoxy) is 4. The van der Waals surface area contributed by atoms with Gasteiger partial charge in [-0.1, -0.05) is 18.7 Å². The highest BCUT2D eigenvalue weighted by molar-refractivity contribution is 7.80. The van der Waals surface area contributed by atoms with Gasteiger partial charge in [-0.2, -0.15) is 0 Å². The number of amides is 1. The summed E-state index contributed by atoms with van der Waals surface area (Å²) in [5.41, 5.74) is 2.51. The van der Waals surface area contributed by atoms with Crippen LogP contribution in [0.2, 0.25) is 0 Å². The molecule has 1 aromatic heterocycles. The largest absolute Gasteiger partial charge is 0.490 e. The molecule has 0 bridgehead atoms. The fourth-order valence-electron chi connectivity index (χ4n) is 4.84. The fraction of sp³-hybridized carbons (Fsp3) is 0.387. The lowest BCUT2D eigenvalue weighted by molar-refractivity contribution is -0.139. The molecule has 2 aliphatic heterocycles. The number of furan rings is 1. The van der Waals surface area contributed by atoms with E-state index in [1.54, 1.807) is 57.4 Å². The Morgan fingerprint density at radius 2 is 1.90 bits per heavy atom. The second kappa shape index (κ2) is 14.2. The Morgan fingerprint density at radius 1 is 1.14 bits per heavy atom. The first-order valence-electron chi connectivity index (χ1n) is 13.9. The summed E-state index contributed by atoms with van der Waals surface area (Å²) in [6.07, 6.45) is 4.98. The van der Waals surface area contributed by atoms with Crippen molar-refractivity contribution in [2.75, 3.05) is 51.0 Å². The van der Waals surface area contributed by atoms with Crippen LogP contribution < -0.4 is 19.7 Å². The normalized spacial score (nSPS) is 17.6. The lowest BCUT2D eigenvalue weighted by atomic mass is 9.92. The number of morpholine rings is 1. The Labute approximate surface area is 251 Å². The van der Waals surface area contributed by atoms with Crippen molar-refractivity contribution in [1.82, 2.24) is 10.2 Å². The Bertz CT molecular complexity index is 1390. The number of rotatable bonds is 11. The van der Waals surface area contributed by atoms with Gasteiger partial charge in [-0.25, -0.2) is 4.79 Å². The van der Waals surface area contributed by atoms with E-state index in [1.807, 2.05) is 13.0 Å². The Balaban J connectivity index is 1.74. The van der Waals surface area contributed by atoms with Crippen molar-refractivity contribution in [3.8, 4) is 11.5 Å². The van der Waals surface area contributed by atoms with E-state index in [2.05, 4.69) is 16.8 Å². The number of allylic oxidation sites excluding steroid dienone is 1. The maximum absolute atomic E-state index is 14.1. The minimum Gasteiger partial charge on any atom is -0.490 e. The van der Waals surface area contributed by atoms with E-state index in [0.717, 1.165) is 18.7 Å². The molecule has 3 heterocycles. The molecule has 0 aliphatic carbocycles. The number of carbonyl (C=O) groups excluding carboxylic acids is 2. The van der Waals surface area contributed by atoms with Crippen molar-refractivity contribution in [3.63, 3.8) is 0 Å². The number of hydrogen-bond donors (Lipinski definition) is 1. The first-order chi connectivity index (χ1) is 20.3. The molecular weight excluding hydrogens is 558 g/mol. The Kier molecular flexibility index (Phi) is 10.4. The zero-order chi connectivity index (χ0) is 30.2. The minimum atomic E-state index is -0.880. The molecular formula is C31H37N3O7S. The minimum absolute atomic E-state index is 0.162. The van der Waals surface area contributed by atoms with Gasteiger partial charge < -0.3 is 33.6 Å². The van der Waals surface area contributed by atoms with Gasteiger partial charge in [-0.15, -0.1) is 0 Å². The first-order valence-corrected chi connectivity index (χ1v) is 14.3. The zero-order valence-electron chi connectivity index (χ0n) is 24.4. The highest BCUT2D eigenvalue weighted by atomic mass is 32.1. The van der Waals surface area contributed by atoms with E-state index in [0.29, 0.717) is 60.6 Å². The van der Waals surface area contributed by atoms with Crippen LogP contribution in [0, 0.1) is 0 Å². The predicted molar refractivity (Wildman–Crippen MR) is 163 cm³/mol. The predicted octanol–water partition coefficient (Wildman–Crippen LogP) is 4.78. The number of hydrogen-bond acceptors (Lipinski definition) is 9. The monoisotopic (exact) mass is 595 g/mol. The van der Waals surface area contributed by atoms with Gasteiger partial charge in [-0.3, -0.25) is 9.69 Å².